The van der Waals surface area contributed by atoms with Gasteiger partial charge >= 0.3 is 5.97 Å². The molecule has 0 spiro atoms. The van der Waals surface area contributed by atoms with Gasteiger partial charge in [-0.25, -0.2) is 0 Å². The lowest BCUT2D eigenvalue weighted by molar-refractivity contribution is -0.385. The van der Waals surface area contributed by atoms with E-state index in [9.17, 15) is 14.9 Å². The van der Waals surface area contributed by atoms with Crippen LogP contribution >= 0.6 is 11.6 Å². The van der Waals surface area contributed by atoms with Gasteiger partial charge in [0, 0.05) is 16.7 Å². The lowest BCUT2D eigenvalue weighted by atomic mass is 10.1. The Labute approximate surface area is 103 Å². The molecule has 1 aromatic rings. The second kappa shape index (κ2) is 5.63. The van der Waals surface area contributed by atoms with E-state index in [1.807, 2.05) is 0 Å². The lowest BCUT2D eigenvalue weighted by Crippen LogP contribution is -2.08. The van der Waals surface area contributed by atoms with Gasteiger partial charge in [0.2, 0.25) is 0 Å². The number of rotatable bonds is 4. The van der Waals surface area contributed by atoms with Crippen molar-refractivity contribution in [3.63, 3.8) is 0 Å². The van der Waals surface area contributed by atoms with Gasteiger partial charge in [0.1, 0.15) is 0 Å². The van der Waals surface area contributed by atoms with Gasteiger partial charge in [-0.2, -0.15) is 0 Å². The van der Waals surface area contributed by atoms with Gasteiger partial charge in [-0.3, -0.25) is 14.9 Å². The maximum absolute atomic E-state index is 11.3. The first-order valence-corrected chi connectivity index (χ1v) is 5.42. The predicted molar refractivity (Wildman–Crippen MR) is 63.2 cm³/mol. The highest BCUT2D eigenvalue weighted by Crippen LogP contribution is 2.26. The van der Waals surface area contributed by atoms with Crippen LogP contribution in [0.1, 0.15) is 18.1 Å². The minimum absolute atomic E-state index is 0.0475. The van der Waals surface area contributed by atoms with Crippen LogP contribution in [0.3, 0.4) is 0 Å². The molecule has 0 radical (unpaired) electrons. The van der Waals surface area contributed by atoms with Gasteiger partial charge in [0.25, 0.3) is 5.69 Å². The molecule has 0 aliphatic heterocycles. The number of ether oxygens (including phenoxy) is 1. The number of nitro benzene ring substituents is 1. The number of halogens is 1. The molecule has 17 heavy (non-hydrogen) atoms. The average Bonchev–Trinajstić information content (AvgIpc) is 2.21. The molecular weight excluding hydrogens is 246 g/mol. The number of nitro groups is 1. The van der Waals surface area contributed by atoms with E-state index in [0.717, 1.165) is 0 Å². The summed E-state index contributed by atoms with van der Waals surface area (Å²) in [5, 5.41) is 11.1. The van der Waals surface area contributed by atoms with Crippen LogP contribution in [0.4, 0.5) is 5.69 Å². The van der Waals surface area contributed by atoms with Crippen LogP contribution in [0, 0.1) is 17.0 Å². The summed E-state index contributed by atoms with van der Waals surface area (Å²) in [5.41, 5.74) is 0.823. The lowest BCUT2D eigenvalue weighted by Gasteiger charge is -2.06. The van der Waals surface area contributed by atoms with Gasteiger partial charge in [0.15, 0.2) is 0 Å². The number of nitrogens with zero attached hydrogens (tertiary/aromatic N) is 1. The Kier molecular flexibility index (Phi) is 4.45. The summed E-state index contributed by atoms with van der Waals surface area (Å²) in [6.45, 7) is 3.56. The van der Waals surface area contributed by atoms with E-state index in [1.165, 1.54) is 12.1 Å². The topological polar surface area (TPSA) is 69.4 Å². The van der Waals surface area contributed by atoms with E-state index in [-0.39, 0.29) is 18.7 Å². The third-order valence-electron chi connectivity index (χ3n) is 2.20. The van der Waals surface area contributed by atoms with Gasteiger partial charge < -0.3 is 4.74 Å². The highest BCUT2D eigenvalue weighted by molar-refractivity contribution is 6.31. The van der Waals surface area contributed by atoms with Crippen LogP contribution in [0.2, 0.25) is 5.02 Å². The third-order valence-corrected chi connectivity index (χ3v) is 2.55. The van der Waals surface area contributed by atoms with Crippen LogP contribution in [-0.2, 0) is 16.0 Å². The Morgan fingerprint density at radius 1 is 1.53 bits per heavy atom. The van der Waals surface area contributed by atoms with Crippen LogP contribution in [0.15, 0.2) is 12.1 Å². The third kappa shape index (κ3) is 3.42. The first-order valence-electron chi connectivity index (χ1n) is 5.04. The van der Waals surface area contributed by atoms with Crippen LogP contribution in [-0.4, -0.2) is 17.5 Å². The second-order valence-electron chi connectivity index (χ2n) is 3.47. The summed E-state index contributed by atoms with van der Waals surface area (Å²) in [7, 11) is 0. The monoisotopic (exact) mass is 257 g/mol. The Morgan fingerprint density at radius 3 is 2.71 bits per heavy atom. The molecule has 0 aromatic heterocycles. The number of carbonyl (C=O) groups is 1. The molecule has 0 aliphatic carbocycles. The molecule has 1 aromatic carbocycles. The molecule has 0 unspecified atom stereocenters. The molecule has 0 heterocycles. The van der Waals surface area contributed by atoms with Gasteiger partial charge in [-0.15, -0.1) is 0 Å². The zero-order valence-corrected chi connectivity index (χ0v) is 10.3. The fraction of sp³-hybridized carbons (Fsp3) is 0.364. The van der Waals surface area contributed by atoms with Crippen molar-refractivity contribution in [2.75, 3.05) is 6.61 Å². The number of esters is 1. The van der Waals surface area contributed by atoms with Crippen molar-refractivity contribution in [1.82, 2.24) is 0 Å². The first-order chi connectivity index (χ1) is 7.95. The zero-order valence-electron chi connectivity index (χ0n) is 9.53. The minimum Gasteiger partial charge on any atom is -0.466 e. The van der Waals surface area contributed by atoms with Crippen molar-refractivity contribution in [2.24, 2.45) is 0 Å². The van der Waals surface area contributed by atoms with Crippen molar-refractivity contribution in [3.8, 4) is 0 Å². The SMILES string of the molecule is CCOC(=O)Cc1cc([N+](=O)[O-])c(C)cc1Cl. The summed E-state index contributed by atoms with van der Waals surface area (Å²) in [4.78, 5) is 21.5. The van der Waals surface area contributed by atoms with Crippen molar-refractivity contribution >= 4 is 23.3 Å². The molecule has 1 rings (SSSR count). The molecule has 92 valence electrons. The van der Waals surface area contributed by atoms with E-state index in [4.69, 9.17) is 16.3 Å². The van der Waals surface area contributed by atoms with Crippen LogP contribution in [0.5, 0.6) is 0 Å². The number of aryl methyl sites for hydroxylation is 1. The molecular formula is C11H12ClNO4. The Bertz CT molecular complexity index is 459. The van der Waals surface area contributed by atoms with E-state index >= 15 is 0 Å². The van der Waals surface area contributed by atoms with Gasteiger partial charge in [0.05, 0.1) is 18.0 Å². The highest BCUT2D eigenvalue weighted by atomic mass is 35.5. The van der Waals surface area contributed by atoms with Crippen LogP contribution < -0.4 is 0 Å². The summed E-state index contributed by atoms with van der Waals surface area (Å²) >= 11 is 5.92. The average molecular weight is 258 g/mol. The van der Waals surface area contributed by atoms with Crippen molar-refractivity contribution in [3.05, 3.63) is 38.4 Å². The molecule has 0 saturated carbocycles. The van der Waals surface area contributed by atoms with E-state index in [1.54, 1.807) is 13.8 Å². The second-order valence-corrected chi connectivity index (χ2v) is 3.88. The van der Waals surface area contributed by atoms with Gasteiger partial charge in [-0.1, -0.05) is 11.6 Å². The maximum atomic E-state index is 11.3. The smallest absolute Gasteiger partial charge is 0.310 e. The standard InChI is InChI=1S/C11H12ClNO4/c1-3-17-11(14)6-8-5-10(13(15)16)7(2)4-9(8)12/h4-5H,3,6H2,1-2H3. The Morgan fingerprint density at radius 2 is 2.18 bits per heavy atom. The number of carbonyl (C=O) groups excluding carboxylic acids is 1. The molecule has 0 amide bonds. The highest BCUT2D eigenvalue weighted by Gasteiger charge is 2.16. The molecule has 6 heteroatoms. The normalized spacial score (nSPS) is 10.1. The van der Waals surface area contributed by atoms with Gasteiger partial charge in [-0.05, 0) is 25.5 Å². The molecule has 0 saturated heterocycles. The molecule has 5 nitrogen and oxygen atoms in total. The van der Waals surface area contributed by atoms with Crippen molar-refractivity contribution in [1.29, 1.82) is 0 Å². The van der Waals surface area contributed by atoms with Crippen LogP contribution in [0.25, 0.3) is 0 Å². The quantitative estimate of drug-likeness (QED) is 0.472. The number of hydrogen-bond acceptors (Lipinski definition) is 4. The maximum Gasteiger partial charge on any atom is 0.310 e. The minimum atomic E-state index is -0.500. The molecule has 0 aliphatic rings. The van der Waals surface area contributed by atoms with E-state index < -0.39 is 10.9 Å². The predicted octanol–water partition coefficient (Wildman–Crippen LogP) is 2.66. The molecule has 0 atom stereocenters. The fourth-order valence-corrected chi connectivity index (χ4v) is 1.69. The number of benzene rings is 1. The first kappa shape index (κ1) is 13.4. The molecule has 0 N–H and O–H groups in total. The summed E-state index contributed by atoms with van der Waals surface area (Å²) in [5.74, 6) is -0.451. The van der Waals surface area contributed by atoms with E-state index in [2.05, 4.69) is 0 Å². The van der Waals surface area contributed by atoms with Crippen molar-refractivity contribution in [2.45, 2.75) is 20.3 Å². The number of hydrogen-bond donors (Lipinski definition) is 0. The molecule has 0 fully saturated rings. The summed E-state index contributed by atoms with van der Waals surface area (Å²) < 4.78 is 4.76. The summed E-state index contributed by atoms with van der Waals surface area (Å²) in [6, 6.07) is 2.79. The zero-order chi connectivity index (χ0) is 13.0. The largest absolute Gasteiger partial charge is 0.466 e. The Hall–Kier alpha value is -1.62. The fourth-order valence-electron chi connectivity index (χ4n) is 1.40. The van der Waals surface area contributed by atoms with E-state index in [0.29, 0.717) is 16.1 Å². The Balaban J connectivity index is 3.03. The molecule has 0 bridgehead atoms. The summed E-state index contributed by atoms with van der Waals surface area (Å²) in [6.07, 6.45) is -0.0617. The van der Waals surface area contributed by atoms with Crippen molar-refractivity contribution < 1.29 is 14.5 Å².